The summed E-state index contributed by atoms with van der Waals surface area (Å²) in [6.45, 7) is 1.73. The molecule has 0 saturated carbocycles. The van der Waals surface area contributed by atoms with Gasteiger partial charge in [0.1, 0.15) is 6.10 Å². The van der Waals surface area contributed by atoms with Gasteiger partial charge in [-0.2, -0.15) is 0 Å². The van der Waals surface area contributed by atoms with Crippen LogP contribution in [0.4, 0.5) is 0 Å². The fourth-order valence-electron chi connectivity index (χ4n) is 3.67. The van der Waals surface area contributed by atoms with E-state index in [9.17, 15) is 10.2 Å². The van der Waals surface area contributed by atoms with E-state index in [0.717, 1.165) is 25.1 Å². The molecule has 4 heteroatoms. The average molecular weight is 259 g/mol. The normalized spacial score (nSPS) is 35.2. The zero-order chi connectivity index (χ0) is 13.0. The van der Waals surface area contributed by atoms with Gasteiger partial charge in [0.05, 0.1) is 11.5 Å². The number of hydrogen-bond acceptors (Lipinski definition) is 4. The van der Waals surface area contributed by atoms with E-state index in [4.69, 9.17) is 4.74 Å². The number of phenolic OH excluding ortho intramolecular Hbond substituents is 1. The minimum Gasteiger partial charge on any atom is -0.504 e. The molecule has 0 fully saturated rings. The van der Waals surface area contributed by atoms with Crippen LogP contribution < -0.4 is 10.1 Å². The zero-order valence-electron chi connectivity index (χ0n) is 10.6. The van der Waals surface area contributed by atoms with Gasteiger partial charge in [0.15, 0.2) is 11.5 Å². The predicted molar refractivity (Wildman–Crippen MR) is 70.5 cm³/mol. The topological polar surface area (TPSA) is 61.7 Å². The van der Waals surface area contributed by atoms with Gasteiger partial charge in [0, 0.05) is 18.5 Å². The average Bonchev–Trinajstić information content (AvgIpc) is 2.61. The van der Waals surface area contributed by atoms with Crippen LogP contribution >= 0.6 is 0 Å². The maximum absolute atomic E-state index is 10.1. The number of ether oxygens (including phenoxy) is 1. The second-order valence-electron chi connectivity index (χ2n) is 5.68. The standard InChI is InChI=1S/C15H17NO3/c17-10-3-5-15-8-16-6-4-9-1-2-11(18)14(13(9)15)19-12(15)7-10/h1-3,5,10,12,16-18H,4,6-8H2. The van der Waals surface area contributed by atoms with Crippen LogP contribution in [-0.4, -0.2) is 35.5 Å². The van der Waals surface area contributed by atoms with Crippen molar-refractivity contribution in [2.75, 3.05) is 13.1 Å². The second-order valence-corrected chi connectivity index (χ2v) is 5.68. The summed E-state index contributed by atoms with van der Waals surface area (Å²) in [7, 11) is 0. The van der Waals surface area contributed by atoms with Gasteiger partial charge in [0.25, 0.3) is 0 Å². The molecule has 3 atom stereocenters. The highest BCUT2D eigenvalue weighted by atomic mass is 16.5. The van der Waals surface area contributed by atoms with Crippen molar-refractivity contribution in [3.05, 3.63) is 35.4 Å². The number of hydrogen-bond donors (Lipinski definition) is 3. The molecule has 0 aromatic heterocycles. The lowest BCUT2D eigenvalue weighted by Gasteiger charge is -2.35. The Kier molecular flexibility index (Phi) is 2.23. The van der Waals surface area contributed by atoms with E-state index in [0.29, 0.717) is 12.2 Å². The van der Waals surface area contributed by atoms with Crippen LogP contribution in [0.25, 0.3) is 0 Å². The van der Waals surface area contributed by atoms with Gasteiger partial charge in [-0.3, -0.25) is 0 Å². The van der Waals surface area contributed by atoms with Crippen LogP contribution in [0.15, 0.2) is 24.3 Å². The molecule has 2 aliphatic heterocycles. The van der Waals surface area contributed by atoms with Crippen molar-refractivity contribution in [2.45, 2.75) is 30.5 Å². The smallest absolute Gasteiger partial charge is 0.165 e. The van der Waals surface area contributed by atoms with Crippen LogP contribution in [-0.2, 0) is 11.8 Å². The number of benzene rings is 1. The highest BCUT2D eigenvalue weighted by molar-refractivity contribution is 5.60. The Balaban J connectivity index is 1.98. The van der Waals surface area contributed by atoms with Crippen LogP contribution in [0.5, 0.6) is 11.5 Å². The first-order valence-electron chi connectivity index (χ1n) is 6.81. The third-order valence-electron chi connectivity index (χ3n) is 4.58. The summed E-state index contributed by atoms with van der Waals surface area (Å²) in [5, 5.41) is 23.3. The monoisotopic (exact) mass is 259 g/mol. The van der Waals surface area contributed by atoms with Crippen molar-refractivity contribution in [3.63, 3.8) is 0 Å². The van der Waals surface area contributed by atoms with E-state index in [2.05, 4.69) is 11.4 Å². The minimum absolute atomic E-state index is 0.0971. The lowest BCUT2D eigenvalue weighted by molar-refractivity contribution is 0.0879. The molecule has 1 aromatic rings. The molecule has 0 bridgehead atoms. The molecular weight excluding hydrogens is 242 g/mol. The van der Waals surface area contributed by atoms with Crippen LogP contribution in [0.3, 0.4) is 0 Å². The van der Waals surface area contributed by atoms with Crippen LogP contribution in [0, 0.1) is 0 Å². The minimum atomic E-state index is -0.459. The fourth-order valence-corrected chi connectivity index (χ4v) is 3.67. The molecule has 1 aliphatic carbocycles. The van der Waals surface area contributed by atoms with E-state index < -0.39 is 6.10 Å². The Morgan fingerprint density at radius 3 is 3.16 bits per heavy atom. The molecule has 0 amide bonds. The molecule has 19 heavy (non-hydrogen) atoms. The SMILES string of the molecule is Oc1ccc2c3c1OC1CC(O)C=CC31CNCC2. The Bertz CT molecular complexity index is 569. The zero-order valence-corrected chi connectivity index (χ0v) is 10.6. The Morgan fingerprint density at radius 2 is 2.26 bits per heavy atom. The molecule has 3 N–H and O–H groups in total. The number of rotatable bonds is 0. The second kappa shape index (κ2) is 3.74. The van der Waals surface area contributed by atoms with E-state index in [-0.39, 0.29) is 17.3 Å². The summed E-state index contributed by atoms with van der Waals surface area (Å²) in [6.07, 6.45) is 4.89. The molecule has 0 radical (unpaired) electrons. The van der Waals surface area contributed by atoms with E-state index >= 15 is 0 Å². The summed E-state index contributed by atoms with van der Waals surface area (Å²) in [5.41, 5.74) is 2.12. The Hall–Kier alpha value is -1.52. The van der Waals surface area contributed by atoms with Crippen LogP contribution in [0.2, 0.25) is 0 Å². The van der Waals surface area contributed by atoms with Crippen molar-refractivity contribution >= 4 is 0 Å². The number of phenols is 1. The maximum Gasteiger partial charge on any atom is 0.165 e. The molecule has 2 heterocycles. The number of aromatic hydroxyl groups is 1. The predicted octanol–water partition coefficient (Wildman–Crippen LogP) is 0.857. The molecule has 4 nitrogen and oxygen atoms in total. The Labute approximate surface area is 111 Å². The van der Waals surface area contributed by atoms with Gasteiger partial charge in [-0.25, -0.2) is 0 Å². The molecular formula is C15H17NO3. The molecule has 1 aromatic carbocycles. The summed E-state index contributed by atoms with van der Waals surface area (Å²) in [5.74, 6) is 0.822. The summed E-state index contributed by atoms with van der Waals surface area (Å²) in [6, 6.07) is 3.71. The first-order chi connectivity index (χ1) is 9.21. The highest BCUT2D eigenvalue weighted by Gasteiger charge is 2.52. The third kappa shape index (κ3) is 1.41. The molecule has 3 aliphatic rings. The first kappa shape index (κ1) is 11.3. The first-order valence-corrected chi connectivity index (χ1v) is 6.81. The van der Waals surface area contributed by atoms with Gasteiger partial charge >= 0.3 is 0 Å². The van der Waals surface area contributed by atoms with E-state index in [1.807, 2.05) is 12.1 Å². The summed E-state index contributed by atoms with van der Waals surface area (Å²) in [4.78, 5) is 0. The quantitative estimate of drug-likeness (QED) is 0.605. The number of nitrogens with one attached hydrogen (secondary N) is 1. The van der Waals surface area contributed by atoms with Crippen molar-refractivity contribution < 1.29 is 14.9 Å². The summed E-state index contributed by atoms with van der Waals surface area (Å²) >= 11 is 0. The van der Waals surface area contributed by atoms with Gasteiger partial charge in [-0.15, -0.1) is 0 Å². The lowest BCUT2D eigenvalue weighted by atomic mass is 9.71. The van der Waals surface area contributed by atoms with Crippen molar-refractivity contribution in [3.8, 4) is 11.5 Å². The fraction of sp³-hybridized carbons (Fsp3) is 0.467. The van der Waals surface area contributed by atoms with Crippen molar-refractivity contribution in [2.24, 2.45) is 0 Å². The van der Waals surface area contributed by atoms with Gasteiger partial charge in [-0.1, -0.05) is 18.2 Å². The number of aliphatic hydroxyl groups is 1. The van der Waals surface area contributed by atoms with E-state index in [1.165, 1.54) is 5.56 Å². The van der Waals surface area contributed by atoms with Crippen LogP contribution in [0.1, 0.15) is 17.5 Å². The molecule has 4 rings (SSSR count). The molecule has 0 saturated heterocycles. The lowest BCUT2D eigenvalue weighted by Crippen LogP contribution is -2.47. The largest absolute Gasteiger partial charge is 0.504 e. The summed E-state index contributed by atoms with van der Waals surface area (Å²) < 4.78 is 5.98. The Morgan fingerprint density at radius 1 is 1.37 bits per heavy atom. The van der Waals surface area contributed by atoms with E-state index in [1.54, 1.807) is 6.07 Å². The van der Waals surface area contributed by atoms with Crippen molar-refractivity contribution in [1.29, 1.82) is 0 Å². The van der Waals surface area contributed by atoms with Gasteiger partial charge in [0.2, 0.25) is 0 Å². The van der Waals surface area contributed by atoms with Gasteiger partial charge in [-0.05, 0) is 24.6 Å². The van der Waals surface area contributed by atoms with Gasteiger partial charge < -0.3 is 20.3 Å². The maximum atomic E-state index is 10.1. The highest BCUT2D eigenvalue weighted by Crippen LogP contribution is 2.53. The number of aliphatic hydroxyl groups excluding tert-OH is 1. The molecule has 1 spiro atoms. The van der Waals surface area contributed by atoms with Crippen molar-refractivity contribution in [1.82, 2.24) is 5.32 Å². The third-order valence-corrected chi connectivity index (χ3v) is 4.58. The molecule has 100 valence electrons. The molecule has 3 unspecified atom stereocenters.